The van der Waals surface area contributed by atoms with Gasteiger partial charge in [0.1, 0.15) is 11.5 Å². The predicted octanol–water partition coefficient (Wildman–Crippen LogP) is 5.92. The third-order valence-electron chi connectivity index (χ3n) is 6.37. The molecule has 40 heavy (non-hydrogen) atoms. The number of halogens is 1. The van der Waals surface area contributed by atoms with E-state index >= 15 is 0 Å². The Morgan fingerprint density at radius 1 is 0.850 bits per heavy atom. The number of thioether (sulfide) groups is 1. The highest BCUT2D eigenvalue weighted by atomic mass is 32.2. The van der Waals surface area contributed by atoms with Gasteiger partial charge in [0.05, 0.1) is 5.75 Å². The summed E-state index contributed by atoms with van der Waals surface area (Å²) in [5.74, 6) is -1.02. The zero-order valence-electron chi connectivity index (χ0n) is 21.5. The highest BCUT2D eigenvalue weighted by Gasteiger charge is 2.24. The minimum absolute atomic E-state index is 0.00963. The van der Waals surface area contributed by atoms with Crippen LogP contribution in [0.4, 0.5) is 15.8 Å². The van der Waals surface area contributed by atoms with Crippen molar-refractivity contribution in [2.75, 3.05) is 22.5 Å². The van der Waals surface area contributed by atoms with E-state index in [0.717, 1.165) is 17.0 Å². The maximum atomic E-state index is 13.4. The monoisotopic (exact) mass is 551 g/mol. The first-order valence-electron chi connectivity index (χ1n) is 12.7. The van der Waals surface area contributed by atoms with Crippen LogP contribution >= 0.6 is 11.8 Å². The number of amides is 3. The maximum absolute atomic E-state index is 13.4. The predicted molar refractivity (Wildman–Crippen MR) is 157 cm³/mol. The van der Waals surface area contributed by atoms with Crippen LogP contribution < -0.4 is 15.5 Å². The van der Waals surface area contributed by atoms with Gasteiger partial charge >= 0.3 is 0 Å². The van der Waals surface area contributed by atoms with E-state index in [0.29, 0.717) is 29.1 Å². The highest BCUT2D eigenvalue weighted by molar-refractivity contribution is 8.00. The lowest BCUT2D eigenvalue weighted by molar-refractivity contribution is -0.116. The smallest absolute Gasteiger partial charge is 0.272 e. The molecule has 3 amide bonds. The number of hydrogen-bond acceptors (Lipinski definition) is 4. The summed E-state index contributed by atoms with van der Waals surface area (Å²) in [4.78, 5) is 41.5. The molecule has 1 aliphatic heterocycles. The Bertz CT molecular complexity index is 1550. The second-order valence-electron chi connectivity index (χ2n) is 9.12. The molecule has 0 fully saturated rings. The van der Waals surface area contributed by atoms with Gasteiger partial charge in [-0.15, -0.1) is 11.8 Å². The third-order valence-corrected chi connectivity index (χ3v) is 7.37. The van der Waals surface area contributed by atoms with Crippen LogP contribution in [0.1, 0.15) is 21.5 Å². The van der Waals surface area contributed by atoms with Crippen molar-refractivity contribution >= 4 is 46.9 Å². The number of carbonyl (C=O) groups is 3. The average Bonchev–Trinajstić information content (AvgIpc) is 3.42. The molecule has 4 aromatic carbocycles. The Kier molecular flexibility index (Phi) is 8.37. The molecule has 1 heterocycles. The molecule has 2 N–H and O–H groups in total. The van der Waals surface area contributed by atoms with E-state index in [1.165, 1.54) is 47.7 Å². The first-order valence-corrected chi connectivity index (χ1v) is 13.7. The minimum atomic E-state index is -0.531. The molecule has 0 aliphatic carbocycles. The molecule has 200 valence electrons. The SMILES string of the molecule is O=C(Nc1ccc(SCC(=O)N2CCc3ccccc32)cc1)/C(=C/c1ccc(F)cc1)NC(=O)c1ccccc1. The van der Waals surface area contributed by atoms with E-state index in [1.54, 1.807) is 42.5 Å². The standard InChI is InChI=1S/C32H26FN3O3S/c33-25-12-10-22(11-13-25)20-28(35-31(38)24-7-2-1-3-8-24)32(39)34-26-14-16-27(17-15-26)40-21-30(37)36-19-18-23-6-4-5-9-29(23)36/h1-17,20H,18-19,21H2,(H,34,39)(H,35,38)/b28-20-. The van der Waals surface area contributed by atoms with Crippen LogP contribution in [0.2, 0.25) is 0 Å². The largest absolute Gasteiger partial charge is 0.321 e. The third kappa shape index (κ3) is 6.65. The first-order chi connectivity index (χ1) is 19.5. The number of rotatable bonds is 8. The van der Waals surface area contributed by atoms with E-state index in [1.807, 2.05) is 35.2 Å². The van der Waals surface area contributed by atoms with Gasteiger partial charge in [-0.25, -0.2) is 4.39 Å². The Hall–Kier alpha value is -4.69. The van der Waals surface area contributed by atoms with Crippen molar-refractivity contribution in [3.8, 4) is 0 Å². The van der Waals surface area contributed by atoms with Crippen LogP contribution in [0.25, 0.3) is 6.08 Å². The molecule has 0 atom stereocenters. The zero-order valence-corrected chi connectivity index (χ0v) is 22.3. The summed E-state index contributed by atoms with van der Waals surface area (Å²) in [6.45, 7) is 0.693. The van der Waals surface area contributed by atoms with Gasteiger partial charge in [-0.2, -0.15) is 0 Å². The van der Waals surface area contributed by atoms with Gasteiger partial charge in [0.25, 0.3) is 11.8 Å². The molecule has 6 nitrogen and oxygen atoms in total. The van der Waals surface area contributed by atoms with E-state index in [4.69, 9.17) is 0 Å². The Morgan fingerprint density at radius 3 is 2.30 bits per heavy atom. The summed E-state index contributed by atoms with van der Waals surface area (Å²) in [6, 6.07) is 29.2. The number of para-hydroxylation sites is 1. The zero-order chi connectivity index (χ0) is 27.9. The lowest BCUT2D eigenvalue weighted by Crippen LogP contribution is -2.30. The molecular weight excluding hydrogens is 525 g/mol. The highest BCUT2D eigenvalue weighted by Crippen LogP contribution is 2.29. The van der Waals surface area contributed by atoms with E-state index in [-0.39, 0.29) is 11.6 Å². The average molecular weight is 552 g/mol. The maximum Gasteiger partial charge on any atom is 0.272 e. The number of hydrogen-bond donors (Lipinski definition) is 2. The fraction of sp³-hybridized carbons (Fsp3) is 0.0938. The fourth-order valence-corrected chi connectivity index (χ4v) is 5.10. The summed E-state index contributed by atoms with van der Waals surface area (Å²) in [5, 5.41) is 5.46. The number of nitrogens with zero attached hydrogens (tertiary/aromatic N) is 1. The van der Waals surface area contributed by atoms with Gasteiger partial charge in [0, 0.05) is 28.4 Å². The molecular formula is C32H26FN3O3S. The lowest BCUT2D eigenvalue weighted by atomic mass is 10.1. The van der Waals surface area contributed by atoms with Crippen LogP contribution in [0.3, 0.4) is 0 Å². The van der Waals surface area contributed by atoms with Gasteiger partial charge in [-0.3, -0.25) is 14.4 Å². The van der Waals surface area contributed by atoms with Gasteiger partial charge in [-0.1, -0.05) is 48.5 Å². The second kappa shape index (κ2) is 12.4. The quantitative estimate of drug-likeness (QED) is 0.211. The van der Waals surface area contributed by atoms with Crippen molar-refractivity contribution in [1.82, 2.24) is 5.32 Å². The van der Waals surface area contributed by atoms with Crippen molar-refractivity contribution in [3.63, 3.8) is 0 Å². The van der Waals surface area contributed by atoms with Gasteiger partial charge in [0.2, 0.25) is 5.91 Å². The van der Waals surface area contributed by atoms with Gasteiger partial charge in [0.15, 0.2) is 0 Å². The molecule has 0 bridgehead atoms. The van der Waals surface area contributed by atoms with Gasteiger partial charge in [-0.05, 0) is 78.2 Å². The summed E-state index contributed by atoms with van der Waals surface area (Å²) < 4.78 is 13.4. The number of anilines is 2. The van der Waals surface area contributed by atoms with Crippen LogP contribution in [0, 0.1) is 5.82 Å². The lowest BCUT2D eigenvalue weighted by Gasteiger charge is -2.17. The molecule has 8 heteroatoms. The molecule has 0 saturated heterocycles. The molecule has 0 unspecified atom stereocenters. The van der Waals surface area contributed by atoms with Crippen LogP contribution in [0.15, 0.2) is 114 Å². The van der Waals surface area contributed by atoms with Gasteiger partial charge < -0.3 is 15.5 Å². The molecule has 0 aromatic heterocycles. The summed E-state index contributed by atoms with van der Waals surface area (Å²) in [7, 11) is 0. The van der Waals surface area contributed by atoms with Crippen molar-refractivity contribution in [1.29, 1.82) is 0 Å². The number of fused-ring (bicyclic) bond motifs is 1. The Labute approximate surface area is 235 Å². The Balaban J connectivity index is 1.23. The summed E-state index contributed by atoms with van der Waals surface area (Å²) >= 11 is 1.43. The fourth-order valence-electron chi connectivity index (χ4n) is 4.32. The van der Waals surface area contributed by atoms with E-state index in [2.05, 4.69) is 16.7 Å². The van der Waals surface area contributed by atoms with Crippen LogP contribution in [-0.4, -0.2) is 30.0 Å². The van der Waals surface area contributed by atoms with Crippen molar-refractivity contribution in [2.24, 2.45) is 0 Å². The molecule has 0 saturated carbocycles. The van der Waals surface area contributed by atoms with Crippen LogP contribution in [-0.2, 0) is 16.0 Å². The summed E-state index contributed by atoms with van der Waals surface area (Å²) in [6.07, 6.45) is 2.35. The van der Waals surface area contributed by atoms with Crippen molar-refractivity contribution in [2.45, 2.75) is 11.3 Å². The van der Waals surface area contributed by atoms with Crippen molar-refractivity contribution < 1.29 is 18.8 Å². The molecule has 4 aromatic rings. The normalized spacial score (nSPS) is 12.5. The second-order valence-corrected chi connectivity index (χ2v) is 10.2. The summed E-state index contributed by atoms with van der Waals surface area (Å²) in [5.41, 5.74) is 3.65. The number of nitrogens with one attached hydrogen (secondary N) is 2. The van der Waals surface area contributed by atoms with E-state index < -0.39 is 17.6 Å². The van der Waals surface area contributed by atoms with Crippen LogP contribution in [0.5, 0.6) is 0 Å². The molecule has 0 spiro atoms. The number of carbonyl (C=O) groups excluding carboxylic acids is 3. The number of benzene rings is 4. The first kappa shape index (κ1) is 26.9. The molecule has 5 rings (SSSR count). The van der Waals surface area contributed by atoms with E-state index in [9.17, 15) is 18.8 Å². The minimum Gasteiger partial charge on any atom is -0.321 e. The van der Waals surface area contributed by atoms with Crippen molar-refractivity contribution in [3.05, 3.63) is 131 Å². The molecule has 1 aliphatic rings. The molecule has 0 radical (unpaired) electrons. The Morgan fingerprint density at radius 2 is 1.55 bits per heavy atom. The topological polar surface area (TPSA) is 78.5 Å².